The fourth-order valence-corrected chi connectivity index (χ4v) is 2.30. The first-order valence-corrected chi connectivity index (χ1v) is 7.81. The molecule has 23 heavy (non-hydrogen) atoms. The Morgan fingerprint density at radius 1 is 1.26 bits per heavy atom. The molecule has 1 N–H and O–H groups in total. The largest absolute Gasteiger partial charge is 0.483 e. The molecule has 0 spiro atoms. The van der Waals surface area contributed by atoms with Crippen molar-refractivity contribution in [3.8, 4) is 5.75 Å². The zero-order chi connectivity index (χ0) is 16.8. The number of aryl methyl sites for hydroxylation is 4. The first kappa shape index (κ1) is 17.0. The molecule has 0 radical (unpaired) electrons. The van der Waals surface area contributed by atoms with E-state index in [4.69, 9.17) is 4.74 Å². The highest BCUT2D eigenvalue weighted by Crippen LogP contribution is 2.20. The summed E-state index contributed by atoms with van der Waals surface area (Å²) in [5.41, 5.74) is 2.22. The summed E-state index contributed by atoms with van der Waals surface area (Å²) < 4.78 is 7.43. The number of ether oxygens (including phenoxy) is 1. The summed E-state index contributed by atoms with van der Waals surface area (Å²) in [5, 5.41) is 7.15. The van der Waals surface area contributed by atoms with Crippen LogP contribution in [0.1, 0.15) is 29.2 Å². The number of hydrogen-bond donors (Lipinski definition) is 1. The summed E-state index contributed by atoms with van der Waals surface area (Å²) in [6.45, 7) is 9.18. The molecule has 0 unspecified atom stereocenters. The van der Waals surface area contributed by atoms with Crippen molar-refractivity contribution in [3.05, 3.63) is 41.0 Å². The van der Waals surface area contributed by atoms with E-state index in [0.717, 1.165) is 41.5 Å². The SMILES string of the molecule is Cc1nc(C)n(CCCNC(=O)COc2cccc(C)c2C)n1. The molecule has 1 aromatic carbocycles. The van der Waals surface area contributed by atoms with Gasteiger partial charge >= 0.3 is 0 Å². The number of benzene rings is 1. The van der Waals surface area contributed by atoms with Gasteiger partial charge in [0.1, 0.15) is 17.4 Å². The normalized spacial score (nSPS) is 10.6. The van der Waals surface area contributed by atoms with Gasteiger partial charge in [-0.2, -0.15) is 5.10 Å². The first-order valence-electron chi connectivity index (χ1n) is 7.81. The second-order valence-electron chi connectivity index (χ2n) is 5.62. The maximum absolute atomic E-state index is 11.8. The molecule has 2 rings (SSSR count). The number of aromatic nitrogens is 3. The monoisotopic (exact) mass is 316 g/mol. The highest BCUT2D eigenvalue weighted by Gasteiger charge is 2.06. The minimum Gasteiger partial charge on any atom is -0.483 e. The van der Waals surface area contributed by atoms with Crippen molar-refractivity contribution < 1.29 is 9.53 Å². The minimum atomic E-state index is -0.114. The van der Waals surface area contributed by atoms with Gasteiger partial charge in [-0.25, -0.2) is 4.98 Å². The van der Waals surface area contributed by atoms with Crippen molar-refractivity contribution in [2.75, 3.05) is 13.2 Å². The molecule has 6 nitrogen and oxygen atoms in total. The lowest BCUT2D eigenvalue weighted by atomic mass is 10.1. The second-order valence-corrected chi connectivity index (χ2v) is 5.62. The van der Waals surface area contributed by atoms with Gasteiger partial charge in [-0.3, -0.25) is 9.48 Å². The zero-order valence-corrected chi connectivity index (χ0v) is 14.2. The number of hydrogen-bond acceptors (Lipinski definition) is 4. The van der Waals surface area contributed by atoms with E-state index in [1.165, 1.54) is 0 Å². The number of nitrogens with zero attached hydrogens (tertiary/aromatic N) is 3. The summed E-state index contributed by atoms with van der Waals surface area (Å²) in [6.07, 6.45) is 0.804. The second kappa shape index (κ2) is 7.76. The molecule has 6 heteroatoms. The average molecular weight is 316 g/mol. The zero-order valence-electron chi connectivity index (χ0n) is 14.2. The number of nitrogens with one attached hydrogen (secondary N) is 1. The summed E-state index contributed by atoms with van der Waals surface area (Å²) >= 11 is 0. The maximum atomic E-state index is 11.8. The van der Waals surface area contributed by atoms with Crippen LogP contribution in [-0.2, 0) is 11.3 Å². The van der Waals surface area contributed by atoms with E-state index in [-0.39, 0.29) is 12.5 Å². The van der Waals surface area contributed by atoms with Crippen molar-refractivity contribution in [1.29, 1.82) is 0 Å². The molecule has 0 fully saturated rings. The quantitative estimate of drug-likeness (QED) is 0.794. The van der Waals surface area contributed by atoms with Crippen LogP contribution >= 0.6 is 0 Å². The lowest BCUT2D eigenvalue weighted by Gasteiger charge is -2.11. The summed E-state index contributed by atoms with van der Waals surface area (Å²) in [7, 11) is 0. The van der Waals surface area contributed by atoms with Gasteiger partial charge in [-0.1, -0.05) is 12.1 Å². The summed E-state index contributed by atoms with van der Waals surface area (Å²) in [4.78, 5) is 16.1. The highest BCUT2D eigenvalue weighted by molar-refractivity contribution is 5.77. The van der Waals surface area contributed by atoms with Crippen molar-refractivity contribution in [1.82, 2.24) is 20.1 Å². The predicted molar refractivity (Wildman–Crippen MR) is 88.5 cm³/mol. The summed E-state index contributed by atoms with van der Waals surface area (Å²) in [6, 6.07) is 5.83. The van der Waals surface area contributed by atoms with Crippen molar-refractivity contribution in [2.24, 2.45) is 0 Å². The molecule has 0 atom stereocenters. The van der Waals surface area contributed by atoms with Crippen LogP contribution in [0, 0.1) is 27.7 Å². The molecule has 2 aromatic rings. The highest BCUT2D eigenvalue weighted by atomic mass is 16.5. The lowest BCUT2D eigenvalue weighted by Crippen LogP contribution is -2.30. The van der Waals surface area contributed by atoms with Crippen LogP contribution in [0.25, 0.3) is 0 Å². The fourth-order valence-electron chi connectivity index (χ4n) is 2.30. The Morgan fingerprint density at radius 3 is 2.74 bits per heavy atom. The van der Waals surface area contributed by atoms with Crippen LogP contribution in [0.3, 0.4) is 0 Å². The van der Waals surface area contributed by atoms with E-state index < -0.39 is 0 Å². The summed E-state index contributed by atoms with van der Waals surface area (Å²) in [5.74, 6) is 2.31. The molecule has 0 aliphatic heterocycles. The van der Waals surface area contributed by atoms with Crippen LogP contribution in [0.5, 0.6) is 5.75 Å². The van der Waals surface area contributed by atoms with Gasteiger partial charge < -0.3 is 10.1 Å². The van der Waals surface area contributed by atoms with Crippen molar-refractivity contribution in [3.63, 3.8) is 0 Å². The van der Waals surface area contributed by atoms with Crippen molar-refractivity contribution in [2.45, 2.75) is 40.7 Å². The van der Waals surface area contributed by atoms with E-state index in [0.29, 0.717) is 6.54 Å². The molecule has 1 amide bonds. The lowest BCUT2D eigenvalue weighted by molar-refractivity contribution is -0.123. The topological polar surface area (TPSA) is 69.0 Å². The molecule has 0 saturated carbocycles. The number of amides is 1. The minimum absolute atomic E-state index is 0.0335. The smallest absolute Gasteiger partial charge is 0.257 e. The van der Waals surface area contributed by atoms with E-state index in [1.54, 1.807) is 0 Å². The molecule has 0 saturated heterocycles. The Balaban J connectivity index is 1.69. The average Bonchev–Trinajstić information content (AvgIpc) is 2.83. The van der Waals surface area contributed by atoms with Gasteiger partial charge in [-0.15, -0.1) is 0 Å². The van der Waals surface area contributed by atoms with Gasteiger partial charge in [0, 0.05) is 13.1 Å². The molecular formula is C17H24N4O2. The number of carbonyl (C=O) groups excluding carboxylic acids is 1. The van der Waals surface area contributed by atoms with Gasteiger partial charge in [-0.05, 0) is 51.3 Å². The molecular weight excluding hydrogens is 292 g/mol. The third-order valence-electron chi connectivity index (χ3n) is 3.75. The van der Waals surface area contributed by atoms with E-state index in [2.05, 4.69) is 15.4 Å². The van der Waals surface area contributed by atoms with Crippen LogP contribution in [-0.4, -0.2) is 33.8 Å². The van der Waals surface area contributed by atoms with Crippen LogP contribution in [0.4, 0.5) is 0 Å². The molecule has 1 aromatic heterocycles. The van der Waals surface area contributed by atoms with E-state index in [9.17, 15) is 4.79 Å². The Bertz CT molecular complexity index is 679. The Kier molecular flexibility index (Phi) is 5.73. The first-order chi connectivity index (χ1) is 11.0. The molecule has 0 aliphatic rings. The fraction of sp³-hybridized carbons (Fsp3) is 0.471. The number of rotatable bonds is 7. The van der Waals surface area contributed by atoms with Crippen molar-refractivity contribution >= 4 is 5.91 Å². The van der Waals surface area contributed by atoms with Gasteiger partial charge in [0.15, 0.2) is 6.61 Å². The van der Waals surface area contributed by atoms with Gasteiger partial charge in [0.2, 0.25) is 0 Å². The molecule has 0 aliphatic carbocycles. The molecule has 0 bridgehead atoms. The van der Waals surface area contributed by atoms with Crippen LogP contribution in [0.2, 0.25) is 0 Å². The van der Waals surface area contributed by atoms with Crippen LogP contribution in [0.15, 0.2) is 18.2 Å². The molecule has 124 valence electrons. The predicted octanol–water partition coefficient (Wildman–Crippen LogP) is 2.10. The third kappa shape index (κ3) is 4.81. The standard InChI is InChI=1S/C17H24N4O2/c1-12-7-5-8-16(13(12)2)23-11-17(22)18-9-6-10-21-15(4)19-14(3)20-21/h5,7-8H,6,9-11H2,1-4H3,(H,18,22). The van der Waals surface area contributed by atoms with Gasteiger partial charge in [0.25, 0.3) is 5.91 Å². The van der Waals surface area contributed by atoms with Gasteiger partial charge in [0.05, 0.1) is 0 Å². The third-order valence-corrected chi connectivity index (χ3v) is 3.75. The molecule has 1 heterocycles. The van der Waals surface area contributed by atoms with E-state index in [1.807, 2.05) is 50.6 Å². The maximum Gasteiger partial charge on any atom is 0.257 e. The van der Waals surface area contributed by atoms with Crippen LogP contribution < -0.4 is 10.1 Å². The Morgan fingerprint density at radius 2 is 2.04 bits per heavy atom. The Labute approximate surface area is 136 Å². The Hall–Kier alpha value is -2.37. The number of carbonyl (C=O) groups is 1. The van der Waals surface area contributed by atoms with E-state index >= 15 is 0 Å².